The Kier molecular flexibility index (Phi) is 4.55. The van der Waals surface area contributed by atoms with Gasteiger partial charge in [-0.1, -0.05) is 18.7 Å². The standard InChI is InChI=1S/C21H22N2O3/c1-5-18(24)23(4)16-11-9-14(10-12-16)20(25)22-17-8-6-7-15-13-21(2,3)26-19(15)17/h5-12H,1,13H2,2-4H3,(H,22,25). The molecule has 2 amide bonds. The molecule has 2 aromatic rings. The molecule has 26 heavy (non-hydrogen) atoms. The Bertz CT molecular complexity index is 869. The number of amides is 2. The molecule has 0 atom stereocenters. The summed E-state index contributed by atoms with van der Waals surface area (Å²) in [5.41, 5.74) is 2.68. The molecule has 5 nitrogen and oxygen atoms in total. The van der Waals surface area contributed by atoms with E-state index in [1.54, 1.807) is 31.3 Å². The van der Waals surface area contributed by atoms with Crippen LogP contribution in [0.4, 0.5) is 11.4 Å². The van der Waals surface area contributed by atoms with Gasteiger partial charge in [0.25, 0.3) is 5.91 Å². The van der Waals surface area contributed by atoms with Gasteiger partial charge in [0.2, 0.25) is 5.91 Å². The first-order chi connectivity index (χ1) is 12.3. The Labute approximate surface area is 153 Å². The van der Waals surface area contributed by atoms with E-state index in [-0.39, 0.29) is 17.4 Å². The minimum absolute atomic E-state index is 0.207. The topological polar surface area (TPSA) is 58.6 Å². The molecule has 1 N–H and O–H groups in total. The first-order valence-corrected chi connectivity index (χ1v) is 8.43. The van der Waals surface area contributed by atoms with E-state index < -0.39 is 0 Å². The van der Waals surface area contributed by atoms with Crippen molar-refractivity contribution in [3.8, 4) is 5.75 Å². The number of hydrogen-bond acceptors (Lipinski definition) is 3. The average molecular weight is 350 g/mol. The van der Waals surface area contributed by atoms with E-state index in [9.17, 15) is 9.59 Å². The van der Waals surface area contributed by atoms with Gasteiger partial charge in [-0.25, -0.2) is 0 Å². The Morgan fingerprint density at radius 1 is 1.19 bits per heavy atom. The van der Waals surface area contributed by atoms with Crippen LogP contribution >= 0.6 is 0 Å². The number of fused-ring (bicyclic) bond motifs is 1. The van der Waals surface area contributed by atoms with Crippen LogP contribution in [-0.4, -0.2) is 24.5 Å². The summed E-state index contributed by atoms with van der Waals surface area (Å²) in [6.45, 7) is 7.52. The maximum absolute atomic E-state index is 12.6. The lowest BCUT2D eigenvalue weighted by atomic mass is 10.0. The third-order valence-electron chi connectivity index (χ3n) is 4.36. The van der Waals surface area contributed by atoms with Crippen molar-refractivity contribution in [2.45, 2.75) is 25.9 Å². The van der Waals surface area contributed by atoms with Gasteiger partial charge in [-0.15, -0.1) is 0 Å². The largest absolute Gasteiger partial charge is 0.485 e. The lowest BCUT2D eigenvalue weighted by Crippen LogP contribution is -2.25. The van der Waals surface area contributed by atoms with Gasteiger partial charge in [0.05, 0.1) is 5.69 Å². The van der Waals surface area contributed by atoms with E-state index in [4.69, 9.17) is 4.74 Å². The van der Waals surface area contributed by atoms with Gasteiger partial charge >= 0.3 is 0 Å². The first-order valence-electron chi connectivity index (χ1n) is 8.43. The molecule has 0 bridgehead atoms. The summed E-state index contributed by atoms with van der Waals surface area (Å²) in [5.74, 6) is 0.302. The molecule has 134 valence electrons. The lowest BCUT2D eigenvalue weighted by molar-refractivity contribution is -0.113. The van der Waals surface area contributed by atoms with Crippen LogP contribution in [-0.2, 0) is 11.2 Å². The fourth-order valence-electron chi connectivity index (χ4n) is 3.01. The van der Waals surface area contributed by atoms with Gasteiger partial charge in [-0.05, 0) is 50.3 Å². The van der Waals surface area contributed by atoms with Crippen LogP contribution in [0.2, 0.25) is 0 Å². The van der Waals surface area contributed by atoms with Crippen molar-refractivity contribution in [3.63, 3.8) is 0 Å². The maximum atomic E-state index is 12.6. The van der Waals surface area contributed by atoms with Gasteiger partial charge in [-0.3, -0.25) is 9.59 Å². The second-order valence-corrected chi connectivity index (χ2v) is 6.93. The summed E-state index contributed by atoms with van der Waals surface area (Å²) in [5, 5.41) is 2.92. The zero-order chi connectivity index (χ0) is 18.9. The van der Waals surface area contributed by atoms with Gasteiger partial charge < -0.3 is 15.0 Å². The minimum Gasteiger partial charge on any atom is -0.485 e. The number of benzene rings is 2. The molecular weight excluding hydrogens is 328 g/mol. The smallest absolute Gasteiger partial charge is 0.255 e. The van der Waals surface area contributed by atoms with Crippen LogP contribution in [0.1, 0.15) is 29.8 Å². The summed E-state index contributed by atoms with van der Waals surface area (Å²) in [7, 11) is 1.66. The number of hydrogen-bond donors (Lipinski definition) is 1. The molecule has 2 aromatic carbocycles. The van der Waals surface area contributed by atoms with Gasteiger partial charge in [0.1, 0.15) is 11.4 Å². The maximum Gasteiger partial charge on any atom is 0.255 e. The van der Waals surface area contributed by atoms with Gasteiger partial charge in [0, 0.05) is 30.3 Å². The fourth-order valence-corrected chi connectivity index (χ4v) is 3.01. The number of anilines is 2. The van der Waals surface area contributed by atoms with E-state index in [2.05, 4.69) is 11.9 Å². The van der Waals surface area contributed by atoms with Crippen LogP contribution in [0.25, 0.3) is 0 Å². The third kappa shape index (κ3) is 3.47. The number of rotatable bonds is 4. The Balaban J connectivity index is 1.77. The monoisotopic (exact) mass is 350 g/mol. The van der Waals surface area contributed by atoms with E-state index in [1.807, 2.05) is 32.0 Å². The Morgan fingerprint density at radius 2 is 1.88 bits per heavy atom. The molecule has 0 fully saturated rings. The molecule has 0 saturated carbocycles. The molecule has 1 aliphatic rings. The van der Waals surface area contributed by atoms with E-state index in [1.165, 1.54) is 11.0 Å². The number of para-hydroxylation sites is 1. The van der Waals surface area contributed by atoms with Crippen LogP contribution in [0, 0.1) is 0 Å². The van der Waals surface area contributed by atoms with E-state index in [0.29, 0.717) is 16.9 Å². The molecule has 1 aliphatic heterocycles. The Morgan fingerprint density at radius 3 is 2.54 bits per heavy atom. The normalized spacial score (nSPS) is 14.1. The van der Waals surface area contributed by atoms with Crippen molar-refractivity contribution < 1.29 is 14.3 Å². The van der Waals surface area contributed by atoms with Crippen LogP contribution < -0.4 is 15.0 Å². The first kappa shape index (κ1) is 17.7. The molecule has 0 saturated heterocycles. The van der Waals surface area contributed by atoms with Crippen molar-refractivity contribution in [3.05, 3.63) is 66.2 Å². The predicted molar refractivity (Wildman–Crippen MR) is 103 cm³/mol. The molecule has 0 radical (unpaired) electrons. The molecule has 0 aliphatic carbocycles. The highest BCUT2D eigenvalue weighted by atomic mass is 16.5. The molecule has 0 aromatic heterocycles. The number of likely N-dealkylation sites (N-methyl/N-ethyl adjacent to an activating group) is 1. The second kappa shape index (κ2) is 6.67. The van der Waals surface area contributed by atoms with Gasteiger partial charge in [0.15, 0.2) is 0 Å². The predicted octanol–water partition coefficient (Wildman–Crippen LogP) is 3.80. The third-order valence-corrected chi connectivity index (χ3v) is 4.36. The van der Waals surface area contributed by atoms with Crippen LogP contribution in [0.5, 0.6) is 5.75 Å². The summed E-state index contributed by atoms with van der Waals surface area (Å²) in [6.07, 6.45) is 2.06. The molecule has 1 heterocycles. The molecule has 0 unspecified atom stereocenters. The number of nitrogens with zero attached hydrogens (tertiary/aromatic N) is 1. The zero-order valence-electron chi connectivity index (χ0n) is 15.2. The van der Waals surface area contributed by atoms with Crippen molar-refractivity contribution in [2.75, 3.05) is 17.3 Å². The van der Waals surface area contributed by atoms with E-state index in [0.717, 1.165) is 17.7 Å². The quantitative estimate of drug-likeness (QED) is 0.853. The number of carbonyl (C=O) groups is 2. The van der Waals surface area contributed by atoms with Crippen molar-refractivity contribution in [2.24, 2.45) is 0 Å². The van der Waals surface area contributed by atoms with Crippen molar-refractivity contribution in [1.82, 2.24) is 0 Å². The summed E-state index contributed by atoms with van der Waals surface area (Å²) < 4.78 is 5.98. The number of ether oxygens (including phenoxy) is 1. The minimum atomic E-state index is -0.271. The number of carbonyl (C=O) groups excluding carboxylic acids is 2. The number of nitrogens with one attached hydrogen (secondary N) is 1. The highest BCUT2D eigenvalue weighted by molar-refractivity contribution is 6.06. The molecule has 0 spiro atoms. The van der Waals surface area contributed by atoms with Gasteiger partial charge in [-0.2, -0.15) is 0 Å². The highest BCUT2D eigenvalue weighted by Crippen LogP contribution is 2.40. The van der Waals surface area contributed by atoms with Crippen molar-refractivity contribution >= 4 is 23.2 Å². The van der Waals surface area contributed by atoms with Crippen LogP contribution in [0.15, 0.2) is 55.1 Å². The van der Waals surface area contributed by atoms with Crippen LogP contribution in [0.3, 0.4) is 0 Å². The van der Waals surface area contributed by atoms with E-state index >= 15 is 0 Å². The molecular formula is C21H22N2O3. The zero-order valence-corrected chi connectivity index (χ0v) is 15.2. The fraction of sp³-hybridized carbons (Fsp3) is 0.238. The summed E-state index contributed by atoms with van der Waals surface area (Å²) in [4.78, 5) is 25.7. The summed E-state index contributed by atoms with van der Waals surface area (Å²) >= 11 is 0. The lowest BCUT2D eigenvalue weighted by Gasteiger charge is -2.18. The molecule has 5 heteroatoms. The van der Waals surface area contributed by atoms with Crippen molar-refractivity contribution in [1.29, 1.82) is 0 Å². The highest BCUT2D eigenvalue weighted by Gasteiger charge is 2.32. The Hall–Kier alpha value is -3.08. The SMILES string of the molecule is C=CC(=O)N(C)c1ccc(C(=O)Nc2cccc3c2OC(C)(C)C3)cc1. The second-order valence-electron chi connectivity index (χ2n) is 6.93. The summed E-state index contributed by atoms with van der Waals surface area (Å²) in [6, 6.07) is 12.6. The molecule has 3 rings (SSSR count). The average Bonchev–Trinajstić information content (AvgIpc) is 2.95.